The predicted octanol–water partition coefficient (Wildman–Crippen LogP) is 3.08. The number of aliphatic hydroxyl groups excluding tert-OH is 1. The number of aliphatic hydroxyl groups is 1. The number of aryl methyl sites for hydroxylation is 1. The Bertz CT molecular complexity index is 769. The summed E-state index contributed by atoms with van der Waals surface area (Å²) < 4.78 is 5.79. The van der Waals surface area contributed by atoms with Gasteiger partial charge in [-0.05, 0) is 31.0 Å². The first-order chi connectivity index (χ1) is 12.2. The number of aromatic nitrogens is 2. The van der Waals surface area contributed by atoms with Crippen molar-refractivity contribution in [2.75, 3.05) is 19.7 Å². The molecule has 0 aliphatic carbocycles. The highest BCUT2D eigenvalue weighted by molar-refractivity contribution is 5.52. The van der Waals surface area contributed by atoms with Crippen molar-refractivity contribution in [2.24, 2.45) is 0 Å². The second kappa shape index (κ2) is 8.55. The Balaban J connectivity index is 1.63. The number of benzene rings is 2. The summed E-state index contributed by atoms with van der Waals surface area (Å²) in [6.45, 7) is 4.09. The third-order valence-corrected chi connectivity index (χ3v) is 4.10. The Morgan fingerprint density at radius 1 is 0.960 bits per heavy atom. The molecule has 0 saturated heterocycles. The zero-order chi connectivity index (χ0) is 17.5. The zero-order valence-electron chi connectivity index (χ0n) is 14.4. The first kappa shape index (κ1) is 17.3. The van der Waals surface area contributed by atoms with Crippen LogP contribution in [0.3, 0.4) is 0 Å². The molecule has 25 heavy (non-hydrogen) atoms. The van der Waals surface area contributed by atoms with Gasteiger partial charge < -0.3 is 9.52 Å². The molecule has 0 atom stereocenters. The summed E-state index contributed by atoms with van der Waals surface area (Å²) >= 11 is 0. The molecule has 130 valence electrons. The number of hydrogen-bond donors (Lipinski definition) is 1. The molecule has 2 aromatic carbocycles. The van der Waals surface area contributed by atoms with Crippen LogP contribution < -0.4 is 0 Å². The number of hydrogen-bond acceptors (Lipinski definition) is 5. The van der Waals surface area contributed by atoms with Gasteiger partial charge in [-0.15, -0.1) is 10.2 Å². The minimum atomic E-state index is 0.105. The van der Waals surface area contributed by atoms with E-state index >= 15 is 0 Å². The minimum Gasteiger partial charge on any atom is -0.419 e. The molecule has 0 aliphatic heterocycles. The minimum absolute atomic E-state index is 0.105. The van der Waals surface area contributed by atoms with Crippen LogP contribution in [-0.2, 0) is 13.0 Å². The van der Waals surface area contributed by atoms with Gasteiger partial charge in [-0.25, -0.2) is 0 Å². The van der Waals surface area contributed by atoms with Crippen molar-refractivity contribution in [3.63, 3.8) is 0 Å². The smallest absolute Gasteiger partial charge is 0.247 e. The Hall–Kier alpha value is -2.50. The lowest BCUT2D eigenvalue weighted by atomic mass is 10.1. The van der Waals surface area contributed by atoms with E-state index in [0.717, 1.165) is 18.5 Å². The van der Waals surface area contributed by atoms with Crippen molar-refractivity contribution in [1.82, 2.24) is 15.1 Å². The van der Waals surface area contributed by atoms with Crippen molar-refractivity contribution >= 4 is 0 Å². The largest absolute Gasteiger partial charge is 0.419 e. The van der Waals surface area contributed by atoms with Gasteiger partial charge in [-0.3, -0.25) is 4.90 Å². The van der Waals surface area contributed by atoms with Gasteiger partial charge in [0.15, 0.2) is 0 Å². The zero-order valence-corrected chi connectivity index (χ0v) is 14.4. The van der Waals surface area contributed by atoms with E-state index in [-0.39, 0.29) is 6.61 Å². The van der Waals surface area contributed by atoms with Gasteiger partial charge in [-0.1, -0.05) is 48.0 Å². The molecule has 0 unspecified atom stereocenters. The van der Waals surface area contributed by atoms with Crippen LogP contribution >= 0.6 is 0 Å². The van der Waals surface area contributed by atoms with Crippen molar-refractivity contribution in [2.45, 2.75) is 19.9 Å². The first-order valence-electron chi connectivity index (χ1n) is 8.51. The summed E-state index contributed by atoms with van der Waals surface area (Å²) in [7, 11) is 0. The summed E-state index contributed by atoms with van der Waals surface area (Å²) in [6.07, 6.45) is 0.916. The maximum absolute atomic E-state index is 9.31. The van der Waals surface area contributed by atoms with Gasteiger partial charge in [0, 0.05) is 18.7 Å². The average Bonchev–Trinajstić information content (AvgIpc) is 3.10. The van der Waals surface area contributed by atoms with Gasteiger partial charge in [0.2, 0.25) is 11.8 Å². The van der Waals surface area contributed by atoms with E-state index in [2.05, 4.69) is 27.2 Å². The Morgan fingerprint density at radius 2 is 1.72 bits per heavy atom. The van der Waals surface area contributed by atoms with Crippen molar-refractivity contribution in [3.8, 4) is 11.5 Å². The van der Waals surface area contributed by atoms with Crippen molar-refractivity contribution < 1.29 is 9.52 Å². The Morgan fingerprint density at radius 3 is 2.44 bits per heavy atom. The topological polar surface area (TPSA) is 62.4 Å². The standard InChI is InChI=1S/C20H23N3O2/c1-16-7-9-18(10-8-16)20-22-21-19(25-20)15-23(13-14-24)12-11-17-5-3-2-4-6-17/h2-10,24H,11-15H2,1H3. The summed E-state index contributed by atoms with van der Waals surface area (Å²) in [6, 6.07) is 18.3. The molecule has 3 rings (SSSR count). The monoisotopic (exact) mass is 337 g/mol. The van der Waals surface area contributed by atoms with E-state index < -0.39 is 0 Å². The van der Waals surface area contributed by atoms with Crippen molar-refractivity contribution in [3.05, 3.63) is 71.6 Å². The summed E-state index contributed by atoms with van der Waals surface area (Å²) in [5, 5.41) is 17.6. The second-order valence-electron chi connectivity index (χ2n) is 6.10. The molecule has 0 spiro atoms. The summed E-state index contributed by atoms with van der Waals surface area (Å²) in [4.78, 5) is 2.12. The molecule has 5 heteroatoms. The van der Waals surface area contributed by atoms with Crippen LogP contribution in [0, 0.1) is 6.92 Å². The van der Waals surface area contributed by atoms with Crippen LogP contribution in [0.5, 0.6) is 0 Å². The fraction of sp³-hybridized carbons (Fsp3) is 0.300. The molecule has 5 nitrogen and oxygen atoms in total. The van der Waals surface area contributed by atoms with Gasteiger partial charge in [0.1, 0.15) is 0 Å². The number of rotatable bonds is 8. The van der Waals surface area contributed by atoms with Crippen LogP contribution in [0.2, 0.25) is 0 Å². The second-order valence-corrected chi connectivity index (χ2v) is 6.10. The average molecular weight is 337 g/mol. The molecule has 0 saturated carbocycles. The van der Waals surface area contributed by atoms with Gasteiger partial charge >= 0.3 is 0 Å². The molecule has 0 bridgehead atoms. The molecule has 0 radical (unpaired) electrons. The van der Waals surface area contributed by atoms with E-state index in [1.54, 1.807) is 0 Å². The molecule has 1 aromatic heterocycles. The SMILES string of the molecule is Cc1ccc(-c2nnc(CN(CCO)CCc3ccccc3)o2)cc1. The molecular weight excluding hydrogens is 314 g/mol. The van der Waals surface area contributed by atoms with Crippen molar-refractivity contribution in [1.29, 1.82) is 0 Å². The van der Waals surface area contributed by atoms with Crippen LogP contribution in [0.15, 0.2) is 59.0 Å². The normalized spacial score (nSPS) is 11.2. The molecule has 0 aliphatic rings. The fourth-order valence-corrected chi connectivity index (χ4v) is 2.66. The van der Waals surface area contributed by atoms with E-state index in [0.29, 0.717) is 24.9 Å². The highest BCUT2D eigenvalue weighted by atomic mass is 16.4. The first-order valence-corrected chi connectivity index (χ1v) is 8.51. The lowest BCUT2D eigenvalue weighted by Gasteiger charge is -2.19. The third-order valence-electron chi connectivity index (χ3n) is 4.10. The molecule has 1 heterocycles. The Labute approximate surface area is 147 Å². The molecular formula is C20H23N3O2. The van der Waals surface area contributed by atoms with Gasteiger partial charge in [-0.2, -0.15) is 0 Å². The maximum atomic E-state index is 9.31. The van der Waals surface area contributed by atoms with Crippen LogP contribution in [0.1, 0.15) is 17.0 Å². The summed E-state index contributed by atoms with van der Waals surface area (Å²) in [5.41, 5.74) is 3.39. The van der Waals surface area contributed by atoms with E-state index in [9.17, 15) is 5.11 Å². The Kier molecular flexibility index (Phi) is 5.93. The lowest BCUT2D eigenvalue weighted by Crippen LogP contribution is -2.28. The van der Waals surface area contributed by atoms with Crippen LogP contribution in [-0.4, -0.2) is 39.9 Å². The quantitative estimate of drug-likeness (QED) is 0.684. The highest BCUT2D eigenvalue weighted by Crippen LogP contribution is 2.19. The van der Waals surface area contributed by atoms with Crippen LogP contribution in [0.4, 0.5) is 0 Å². The fourth-order valence-electron chi connectivity index (χ4n) is 2.66. The molecule has 0 amide bonds. The number of nitrogens with zero attached hydrogens (tertiary/aromatic N) is 3. The van der Waals surface area contributed by atoms with Crippen LogP contribution in [0.25, 0.3) is 11.5 Å². The van der Waals surface area contributed by atoms with E-state index in [4.69, 9.17) is 4.42 Å². The molecule has 0 fully saturated rings. The third kappa shape index (κ3) is 4.98. The van der Waals surface area contributed by atoms with Gasteiger partial charge in [0.05, 0.1) is 13.2 Å². The van der Waals surface area contributed by atoms with E-state index in [1.165, 1.54) is 11.1 Å². The van der Waals surface area contributed by atoms with Gasteiger partial charge in [0.25, 0.3) is 0 Å². The predicted molar refractivity (Wildman–Crippen MR) is 97.0 cm³/mol. The van der Waals surface area contributed by atoms with E-state index in [1.807, 2.05) is 49.4 Å². The molecule has 1 N–H and O–H groups in total. The lowest BCUT2D eigenvalue weighted by molar-refractivity contribution is 0.180. The highest BCUT2D eigenvalue weighted by Gasteiger charge is 2.13. The maximum Gasteiger partial charge on any atom is 0.247 e. The molecule has 3 aromatic rings. The summed E-state index contributed by atoms with van der Waals surface area (Å²) in [5.74, 6) is 1.10.